The van der Waals surface area contributed by atoms with Crippen molar-refractivity contribution < 1.29 is 14.2 Å². The number of hydrogen-bond acceptors (Lipinski definition) is 4. The molecule has 1 heterocycles. The van der Waals surface area contributed by atoms with Gasteiger partial charge in [-0.2, -0.15) is 0 Å². The third-order valence-corrected chi connectivity index (χ3v) is 3.52. The van der Waals surface area contributed by atoms with Crippen molar-refractivity contribution in [2.75, 3.05) is 53.7 Å². The van der Waals surface area contributed by atoms with E-state index in [0.717, 1.165) is 58.1 Å². The van der Waals surface area contributed by atoms with E-state index in [9.17, 15) is 0 Å². The Morgan fingerprint density at radius 1 is 1.24 bits per heavy atom. The SMILES string of the molecule is CCNC(=NCC1(OC)CCOCC1)NCCCOC.I. The molecule has 0 aromatic rings. The molecule has 0 spiro atoms. The van der Waals surface area contributed by atoms with Crippen LogP contribution in [0.25, 0.3) is 0 Å². The fourth-order valence-corrected chi connectivity index (χ4v) is 2.16. The molecule has 126 valence electrons. The first kappa shape index (κ1) is 20.9. The molecule has 0 radical (unpaired) electrons. The van der Waals surface area contributed by atoms with Gasteiger partial charge in [-0.15, -0.1) is 24.0 Å². The second kappa shape index (κ2) is 12.4. The van der Waals surface area contributed by atoms with Crippen LogP contribution in [-0.2, 0) is 14.2 Å². The summed E-state index contributed by atoms with van der Waals surface area (Å²) in [5.74, 6) is 0.839. The van der Waals surface area contributed by atoms with Crippen LogP contribution in [0.3, 0.4) is 0 Å². The molecule has 0 saturated carbocycles. The van der Waals surface area contributed by atoms with Gasteiger partial charge in [-0.1, -0.05) is 0 Å². The predicted octanol–water partition coefficient (Wildman–Crippen LogP) is 1.39. The molecule has 0 aromatic carbocycles. The molecule has 6 nitrogen and oxygen atoms in total. The van der Waals surface area contributed by atoms with Crippen LogP contribution in [0.5, 0.6) is 0 Å². The van der Waals surface area contributed by atoms with Gasteiger partial charge in [0.25, 0.3) is 0 Å². The Morgan fingerprint density at radius 2 is 1.95 bits per heavy atom. The lowest BCUT2D eigenvalue weighted by molar-refractivity contribution is -0.0828. The van der Waals surface area contributed by atoms with Gasteiger partial charge in [0.05, 0.1) is 12.1 Å². The first-order valence-corrected chi connectivity index (χ1v) is 7.40. The van der Waals surface area contributed by atoms with Crippen LogP contribution in [0, 0.1) is 0 Å². The minimum Gasteiger partial charge on any atom is -0.385 e. The molecular formula is C14H30IN3O3. The highest BCUT2D eigenvalue weighted by atomic mass is 127. The van der Waals surface area contributed by atoms with E-state index < -0.39 is 0 Å². The Bertz CT molecular complexity index is 285. The molecule has 21 heavy (non-hydrogen) atoms. The lowest BCUT2D eigenvalue weighted by Crippen LogP contribution is -2.44. The fourth-order valence-electron chi connectivity index (χ4n) is 2.16. The number of guanidine groups is 1. The summed E-state index contributed by atoms with van der Waals surface area (Å²) in [6.07, 6.45) is 2.76. The number of hydrogen-bond donors (Lipinski definition) is 2. The highest BCUT2D eigenvalue weighted by Gasteiger charge is 2.32. The summed E-state index contributed by atoms with van der Waals surface area (Å²) in [5.41, 5.74) is -0.173. The van der Waals surface area contributed by atoms with E-state index in [4.69, 9.17) is 14.2 Å². The van der Waals surface area contributed by atoms with Gasteiger partial charge in [-0.05, 0) is 13.3 Å². The summed E-state index contributed by atoms with van der Waals surface area (Å²) >= 11 is 0. The van der Waals surface area contributed by atoms with Gasteiger partial charge < -0.3 is 24.8 Å². The molecule has 2 N–H and O–H groups in total. The molecule has 0 aromatic heterocycles. The van der Waals surface area contributed by atoms with Gasteiger partial charge in [0.15, 0.2) is 5.96 Å². The normalized spacial score (nSPS) is 18.0. The highest BCUT2D eigenvalue weighted by molar-refractivity contribution is 14.0. The lowest BCUT2D eigenvalue weighted by Gasteiger charge is -2.34. The van der Waals surface area contributed by atoms with Crippen LogP contribution in [0.2, 0.25) is 0 Å². The van der Waals surface area contributed by atoms with Crippen molar-refractivity contribution in [2.45, 2.75) is 31.8 Å². The zero-order chi connectivity index (χ0) is 14.7. The van der Waals surface area contributed by atoms with Crippen LogP contribution in [0.4, 0.5) is 0 Å². The molecule has 0 aliphatic carbocycles. The number of methoxy groups -OCH3 is 2. The molecule has 7 heteroatoms. The standard InChI is InChI=1S/C14H29N3O3.HI/c1-4-15-13(16-8-5-9-18-2)17-12-14(19-3)6-10-20-11-7-14;/h4-12H2,1-3H3,(H2,15,16,17);1H. The number of rotatable bonds is 8. The van der Waals surface area contributed by atoms with Gasteiger partial charge in [-0.25, -0.2) is 0 Å². The number of aliphatic imine (C=N–C) groups is 1. The van der Waals surface area contributed by atoms with Crippen LogP contribution < -0.4 is 10.6 Å². The van der Waals surface area contributed by atoms with Crippen molar-refractivity contribution in [1.29, 1.82) is 0 Å². The third-order valence-electron chi connectivity index (χ3n) is 3.52. The van der Waals surface area contributed by atoms with Gasteiger partial charge in [0, 0.05) is 60.0 Å². The lowest BCUT2D eigenvalue weighted by atomic mass is 9.94. The van der Waals surface area contributed by atoms with E-state index in [0.29, 0.717) is 6.54 Å². The Morgan fingerprint density at radius 3 is 2.52 bits per heavy atom. The second-order valence-electron chi connectivity index (χ2n) is 4.97. The Hall–Kier alpha value is -0.120. The summed E-state index contributed by atoms with van der Waals surface area (Å²) in [4.78, 5) is 4.65. The summed E-state index contributed by atoms with van der Waals surface area (Å²) in [6.45, 7) is 6.68. The quantitative estimate of drug-likeness (QED) is 0.272. The van der Waals surface area contributed by atoms with Crippen LogP contribution in [-0.4, -0.2) is 65.2 Å². The number of nitrogens with one attached hydrogen (secondary N) is 2. The van der Waals surface area contributed by atoms with Crippen molar-refractivity contribution in [3.63, 3.8) is 0 Å². The fraction of sp³-hybridized carbons (Fsp3) is 0.929. The van der Waals surface area contributed by atoms with E-state index in [2.05, 4.69) is 22.5 Å². The summed E-state index contributed by atoms with van der Waals surface area (Å²) < 4.78 is 16.1. The molecule has 0 atom stereocenters. The second-order valence-corrected chi connectivity index (χ2v) is 4.97. The topological polar surface area (TPSA) is 64.1 Å². The molecule has 1 fully saturated rings. The maximum Gasteiger partial charge on any atom is 0.191 e. The number of halogens is 1. The highest BCUT2D eigenvalue weighted by Crippen LogP contribution is 2.24. The third kappa shape index (κ3) is 8.18. The first-order chi connectivity index (χ1) is 9.76. The maximum absolute atomic E-state index is 5.69. The van der Waals surface area contributed by atoms with Crippen LogP contribution >= 0.6 is 24.0 Å². The van der Waals surface area contributed by atoms with E-state index in [1.165, 1.54) is 0 Å². The molecule has 1 rings (SSSR count). The van der Waals surface area contributed by atoms with E-state index in [1.807, 2.05) is 0 Å². The molecule has 1 saturated heterocycles. The minimum absolute atomic E-state index is 0. The van der Waals surface area contributed by atoms with Gasteiger partial charge >= 0.3 is 0 Å². The van der Waals surface area contributed by atoms with Crippen molar-refractivity contribution in [2.24, 2.45) is 4.99 Å². The molecular weight excluding hydrogens is 385 g/mol. The Balaban J connectivity index is 0.00000400. The number of nitrogens with zero attached hydrogens (tertiary/aromatic N) is 1. The maximum atomic E-state index is 5.69. The molecule has 0 amide bonds. The zero-order valence-electron chi connectivity index (χ0n) is 13.4. The van der Waals surface area contributed by atoms with Gasteiger partial charge in [-0.3, -0.25) is 4.99 Å². The molecule has 0 bridgehead atoms. The summed E-state index contributed by atoms with van der Waals surface area (Å²) in [6, 6.07) is 0. The zero-order valence-corrected chi connectivity index (χ0v) is 15.8. The Kier molecular flexibility index (Phi) is 12.4. The van der Waals surface area contributed by atoms with Crippen LogP contribution in [0.15, 0.2) is 4.99 Å². The van der Waals surface area contributed by atoms with Crippen molar-refractivity contribution in [3.05, 3.63) is 0 Å². The largest absolute Gasteiger partial charge is 0.385 e. The smallest absolute Gasteiger partial charge is 0.191 e. The van der Waals surface area contributed by atoms with E-state index in [1.54, 1.807) is 14.2 Å². The van der Waals surface area contributed by atoms with E-state index in [-0.39, 0.29) is 29.6 Å². The Labute approximate surface area is 145 Å². The average Bonchev–Trinajstić information content (AvgIpc) is 2.50. The predicted molar refractivity (Wildman–Crippen MR) is 95.7 cm³/mol. The summed E-state index contributed by atoms with van der Waals surface area (Å²) in [7, 11) is 3.48. The van der Waals surface area contributed by atoms with Crippen molar-refractivity contribution in [3.8, 4) is 0 Å². The monoisotopic (exact) mass is 415 g/mol. The number of ether oxygens (including phenoxy) is 3. The summed E-state index contributed by atoms with van der Waals surface area (Å²) in [5, 5.41) is 6.56. The first-order valence-electron chi connectivity index (χ1n) is 7.40. The van der Waals surface area contributed by atoms with E-state index >= 15 is 0 Å². The van der Waals surface area contributed by atoms with Gasteiger partial charge in [0.2, 0.25) is 0 Å². The van der Waals surface area contributed by atoms with Gasteiger partial charge in [0.1, 0.15) is 0 Å². The minimum atomic E-state index is -0.173. The molecule has 0 unspecified atom stereocenters. The van der Waals surface area contributed by atoms with Crippen molar-refractivity contribution in [1.82, 2.24) is 10.6 Å². The van der Waals surface area contributed by atoms with Crippen molar-refractivity contribution >= 4 is 29.9 Å². The molecule has 1 aliphatic rings. The average molecular weight is 415 g/mol. The molecule has 1 aliphatic heterocycles. The van der Waals surface area contributed by atoms with Crippen LogP contribution in [0.1, 0.15) is 26.2 Å².